The number of fused-ring (bicyclic) bond motifs is 1. The van der Waals surface area contributed by atoms with E-state index in [-0.39, 0.29) is 5.91 Å². The molecule has 3 aromatic rings. The van der Waals surface area contributed by atoms with Gasteiger partial charge in [-0.1, -0.05) is 30.7 Å². The van der Waals surface area contributed by atoms with Crippen LogP contribution in [0.4, 0.5) is 5.82 Å². The number of nitrogens with zero attached hydrogens (tertiary/aromatic N) is 2. The minimum absolute atomic E-state index is 0.167. The monoisotopic (exact) mass is 469 g/mol. The summed E-state index contributed by atoms with van der Waals surface area (Å²) in [6.45, 7) is 4.35. The lowest BCUT2D eigenvalue weighted by Gasteiger charge is -2.30. The minimum Gasteiger partial charge on any atom is -0.489 e. The summed E-state index contributed by atoms with van der Waals surface area (Å²) in [6.07, 6.45) is 10.8. The molecular formula is C30H35N3O2. The molecule has 182 valence electrons. The highest BCUT2D eigenvalue weighted by molar-refractivity contribution is 6.03. The molecule has 5 rings (SSSR count). The number of aromatic nitrogens is 1. The Morgan fingerprint density at radius 3 is 2.66 bits per heavy atom. The third kappa shape index (κ3) is 6.49. The van der Waals surface area contributed by atoms with Gasteiger partial charge >= 0.3 is 0 Å². The van der Waals surface area contributed by atoms with Crippen molar-refractivity contribution in [3.63, 3.8) is 0 Å². The molecule has 2 aromatic carbocycles. The van der Waals surface area contributed by atoms with Gasteiger partial charge in [0.15, 0.2) is 0 Å². The van der Waals surface area contributed by atoms with E-state index in [4.69, 9.17) is 4.74 Å². The van der Waals surface area contributed by atoms with Crippen LogP contribution in [0.1, 0.15) is 59.2 Å². The molecule has 1 atom stereocenters. The zero-order valence-corrected chi connectivity index (χ0v) is 20.4. The average molecular weight is 470 g/mol. The molecule has 1 saturated heterocycles. The number of amides is 1. The van der Waals surface area contributed by atoms with Crippen molar-refractivity contribution in [1.82, 2.24) is 9.88 Å². The number of aryl methyl sites for hydroxylation is 1. The normalized spacial score (nSPS) is 18.0. The fourth-order valence-corrected chi connectivity index (χ4v) is 5.24. The molecule has 1 aromatic heterocycles. The molecule has 1 fully saturated rings. The van der Waals surface area contributed by atoms with E-state index >= 15 is 0 Å². The Kier molecular flexibility index (Phi) is 7.74. The standard InChI is InChI=1S/C30H35N3O2/c34-30(32-29-6-2-3-16-31-29)25-10-8-24(9-11-25)22-35-28-14-13-26-20-23(7-12-27(26)21-28)15-19-33-17-4-1-5-18-33/h2-3,6,8-11,13-14,16,21,23H,1,4-5,7,12,15,17-20,22H2,(H,31,32,34). The molecule has 2 heterocycles. The van der Waals surface area contributed by atoms with Crippen molar-refractivity contribution in [3.05, 3.63) is 89.1 Å². The summed E-state index contributed by atoms with van der Waals surface area (Å²) in [5.74, 6) is 2.11. The van der Waals surface area contributed by atoms with Crippen LogP contribution in [-0.4, -0.2) is 35.4 Å². The van der Waals surface area contributed by atoms with E-state index < -0.39 is 0 Å². The summed E-state index contributed by atoms with van der Waals surface area (Å²) < 4.78 is 6.09. The first kappa shape index (κ1) is 23.6. The van der Waals surface area contributed by atoms with Gasteiger partial charge in [0.25, 0.3) is 5.91 Å². The number of likely N-dealkylation sites (tertiary alicyclic amines) is 1. The molecule has 0 saturated carbocycles. The number of pyridine rings is 1. The van der Waals surface area contributed by atoms with Crippen LogP contribution in [0.25, 0.3) is 0 Å². The van der Waals surface area contributed by atoms with E-state index in [1.807, 2.05) is 36.4 Å². The number of rotatable bonds is 8. The Hall–Kier alpha value is -3.18. The quantitative estimate of drug-likeness (QED) is 0.447. The highest BCUT2D eigenvalue weighted by Crippen LogP contribution is 2.31. The third-order valence-corrected chi connectivity index (χ3v) is 7.34. The van der Waals surface area contributed by atoms with Crippen molar-refractivity contribution in [2.45, 2.75) is 51.6 Å². The van der Waals surface area contributed by atoms with Gasteiger partial charge < -0.3 is 15.0 Å². The van der Waals surface area contributed by atoms with Gasteiger partial charge in [-0.15, -0.1) is 0 Å². The lowest BCUT2D eigenvalue weighted by molar-refractivity contribution is 0.102. The summed E-state index contributed by atoms with van der Waals surface area (Å²) in [5, 5.41) is 2.81. The third-order valence-electron chi connectivity index (χ3n) is 7.34. The van der Waals surface area contributed by atoms with Crippen LogP contribution in [-0.2, 0) is 19.4 Å². The zero-order valence-electron chi connectivity index (χ0n) is 20.4. The second-order valence-electron chi connectivity index (χ2n) is 9.89. The maximum atomic E-state index is 12.4. The fraction of sp³-hybridized carbons (Fsp3) is 0.400. The molecule has 0 radical (unpaired) electrons. The molecule has 0 spiro atoms. The summed E-state index contributed by atoms with van der Waals surface area (Å²) in [6, 6.07) is 19.6. The van der Waals surface area contributed by atoms with Crippen LogP contribution in [0.15, 0.2) is 66.9 Å². The van der Waals surface area contributed by atoms with Gasteiger partial charge in [-0.05, 0) is 117 Å². The first-order valence-corrected chi connectivity index (χ1v) is 13.0. The van der Waals surface area contributed by atoms with E-state index in [1.54, 1.807) is 12.3 Å². The Morgan fingerprint density at radius 1 is 1.00 bits per heavy atom. The Labute approximate surface area is 208 Å². The first-order chi connectivity index (χ1) is 17.2. The van der Waals surface area contributed by atoms with Gasteiger partial charge in [-0.3, -0.25) is 4.79 Å². The number of hydrogen-bond acceptors (Lipinski definition) is 4. The number of carbonyl (C=O) groups is 1. The summed E-state index contributed by atoms with van der Waals surface area (Å²) >= 11 is 0. The smallest absolute Gasteiger partial charge is 0.256 e. The number of piperidine rings is 1. The van der Waals surface area contributed by atoms with Gasteiger partial charge in [-0.2, -0.15) is 0 Å². The lowest BCUT2D eigenvalue weighted by atomic mass is 9.82. The minimum atomic E-state index is -0.167. The molecule has 0 bridgehead atoms. The molecule has 1 N–H and O–H groups in total. The number of benzene rings is 2. The maximum absolute atomic E-state index is 12.4. The summed E-state index contributed by atoms with van der Waals surface area (Å²) in [7, 11) is 0. The molecule has 1 aliphatic carbocycles. The van der Waals surface area contributed by atoms with E-state index in [2.05, 4.69) is 33.4 Å². The van der Waals surface area contributed by atoms with Crippen LogP contribution in [0.5, 0.6) is 5.75 Å². The molecule has 1 aliphatic heterocycles. The predicted octanol–water partition coefficient (Wildman–Crippen LogP) is 5.89. The van der Waals surface area contributed by atoms with Crippen molar-refractivity contribution in [3.8, 4) is 5.75 Å². The van der Waals surface area contributed by atoms with Crippen LogP contribution in [0, 0.1) is 5.92 Å². The van der Waals surface area contributed by atoms with Crippen LogP contribution >= 0.6 is 0 Å². The van der Waals surface area contributed by atoms with Crippen molar-refractivity contribution in [1.29, 1.82) is 0 Å². The highest BCUT2D eigenvalue weighted by Gasteiger charge is 2.20. The largest absolute Gasteiger partial charge is 0.489 e. The number of carbonyl (C=O) groups excluding carboxylic acids is 1. The first-order valence-electron chi connectivity index (χ1n) is 13.0. The second kappa shape index (κ2) is 11.5. The summed E-state index contributed by atoms with van der Waals surface area (Å²) in [4.78, 5) is 19.2. The molecule has 5 heteroatoms. The second-order valence-corrected chi connectivity index (χ2v) is 9.89. The Balaban J connectivity index is 1.10. The molecule has 1 unspecified atom stereocenters. The maximum Gasteiger partial charge on any atom is 0.256 e. The SMILES string of the molecule is O=C(Nc1ccccn1)c1ccc(COc2ccc3c(c2)CCC(CCN2CCCCC2)C3)cc1. The molecular weight excluding hydrogens is 434 g/mol. The van der Waals surface area contributed by atoms with E-state index in [0.717, 1.165) is 23.7 Å². The molecule has 2 aliphatic rings. The van der Waals surface area contributed by atoms with Gasteiger partial charge in [-0.25, -0.2) is 4.98 Å². The molecule has 1 amide bonds. The van der Waals surface area contributed by atoms with Crippen LogP contribution in [0.2, 0.25) is 0 Å². The average Bonchev–Trinajstić information content (AvgIpc) is 2.92. The topological polar surface area (TPSA) is 54.5 Å². The van der Waals surface area contributed by atoms with Crippen molar-refractivity contribution in [2.24, 2.45) is 5.92 Å². The number of ether oxygens (including phenoxy) is 1. The Bertz CT molecular complexity index is 1110. The van der Waals surface area contributed by atoms with Crippen molar-refractivity contribution in [2.75, 3.05) is 25.0 Å². The van der Waals surface area contributed by atoms with Gasteiger partial charge in [0.2, 0.25) is 0 Å². The van der Waals surface area contributed by atoms with E-state index in [0.29, 0.717) is 18.0 Å². The van der Waals surface area contributed by atoms with Gasteiger partial charge in [0.05, 0.1) is 0 Å². The number of hydrogen-bond donors (Lipinski definition) is 1. The highest BCUT2D eigenvalue weighted by atomic mass is 16.5. The lowest BCUT2D eigenvalue weighted by Crippen LogP contribution is -2.32. The van der Waals surface area contributed by atoms with Gasteiger partial charge in [0.1, 0.15) is 18.2 Å². The van der Waals surface area contributed by atoms with Crippen molar-refractivity contribution < 1.29 is 9.53 Å². The number of anilines is 1. The van der Waals surface area contributed by atoms with E-state index in [9.17, 15) is 4.79 Å². The van der Waals surface area contributed by atoms with Crippen LogP contribution < -0.4 is 10.1 Å². The van der Waals surface area contributed by atoms with Crippen molar-refractivity contribution >= 4 is 11.7 Å². The number of nitrogens with one attached hydrogen (secondary N) is 1. The van der Waals surface area contributed by atoms with E-state index in [1.165, 1.54) is 69.3 Å². The zero-order chi connectivity index (χ0) is 23.9. The Morgan fingerprint density at radius 2 is 1.86 bits per heavy atom. The fourth-order valence-electron chi connectivity index (χ4n) is 5.24. The summed E-state index contributed by atoms with van der Waals surface area (Å²) in [5.41, 5.74) is 4.58. The van der Waals surface area contributed by atoms with Crippen LogP contribution in [0.3, 0.4) is 0 Å². The van der Waals surface area contributed by atoms with Gasteiger partial charge in [0, 0.05) is 11.8 Å². The predicted molar refractivity (Wildman–Crippen MR) is 140 cm³/mol. The molecule has 35 heavy (non-hydrogen) atoms. The molecule has 5 nitrogen and oxygen atoms in total.